The Balaban J connectivity index is 2.81. The summed E-state index contributed by atoms with van der Waals surface area (Å²) in [5.41, 5.74) is 0.892. The molecule has 0 spiro atoms. The van der Waals surface area contributed by atoms with Gasteiger partial charge in [-0.1, -0.05) is 46.3 Å². The van der Waals surface area contributed by atoms with Gasteiger partial charge in [-0.2, -0.15) is 0 Å². The van der Waals surface area contributed by atoms with E-state index in [4.69, 9.17) is 5.11 Å². The third-order valence-corrected chi connectivity index (χ3v) is 2.96. The molecule has 1 amide bonds. The monoisotopic (exact) mass is 285 g/mol. The first-order valence-electron chi connectivity index (χ1n) is 4.70. The SMILES string of the molecule is CC(=O)N(Cc1ccccc1)C(Br)C(=O)O. The van der Waals surface area contributed by atoms with Crippen LogP contribution in [0.15, 0.2) is 30.3 Å². The van der Waals surface area contributed by atoms with Crippen LogP contribution in [0.5, 0.6) is 0 Å². The van der Waals surface area contributed by atoms with Crippen molar-refractivity contribution in [1.82, 2.24) is 4.90 Å². The maximum absolute atomic E-state index is 11.3. The molecular formula is C11H12BrNO3. The van der Waals surface area contributed by atoms with Gasteiger partial charge in [0.05, 0.1) is 0 Å². The molecule has 1 unspecified atom stereocenters. The van der Waals surface area contributed by atoms with Crippen LogP contribution in [-0.4, -0.2) is 26.8 Å². The molecule has 0 saturated heterocycles. The summed E-state index contributed by atoms with van der Waals surface area (Å²) in [6.07, 6.45) is 0. The molecule has 0 aliphatic carbocycles. The third kappa shape index (κ3) is 3.34. The van der Waals surface area contributed by atoms with E-state index in [1.807, 2.05) is 30.3 Å². The molecule has 1 aromatic carbocycles. The van der Waals surface area contributed by atoms with E-state index in [0.717, 1.165) is 5.56 Å². The zero-order chi connectivity index (χ0) is 12.1. The lowest BCUT2D eigenvalue weighted by atomic mass is 10.2. The smallest absolute Gasteiger partial charge is 0.337 e. The highest BCUT2D eigenvalue weighted by molar-refractivity contribution is 9.09. The standard InChI is InChI=1S/C11H12BrNO3/c1-8(14)13(10(12)11(15)16)7-9-5-3-2-4-6-9/h2-6,10H,7H2,1H3,(H,15,16). The van der Waals surface area contributed by atoms with Crippen molar-refractivity contribution in [2.45, 2.75) is 18.4 Å². The summed E-state index contributed by atoms with van der Waals surface area (Å²) < 4.78 is 0. The zero-order valence-electron chi connectivity index (χ0n) is 8.76. The van der Waals surface area contributed by atoms with Gasteiger partial charge in [0.2, 0.25) is 5.91 Å². The summed E-state index contributed by atoms with van der Waals surface area (Å²) in [5, 5.41) is 8.84. The molecule has 0 aliphatic rings. The number of carboxylic acids is 1. The minimum Gasteiger partial charge on any atom is -0.479 e. The van der Waals surface area contributed by atoms with E-state index >= 15 is 0 Å². The zero-order valence-corrected chi connectivity index (χ0v) is 10.3. The molecule has 4 nitrogen and oxygen atoms in total. The molecule has 0 fully saturated rings. The van der Waals surface area contributed by atoms with Crippen molar-refractivity contribution in [3.63, 3.8) is 0 Å². The number of aliphatic carboxylic acids is 1. The van der Waals surface area contributed by atoms with Gasteiger partial charge in [0, 0.05) is 13.5 Å². The predicted octanol–water partition coefficient (Wildman–Crippen LogP) is 1.84. The number of carboxylic acid groups (broad SMARTS) is 1. The summed E-state index contributed by atoms with van der Waals surface area (Å²) in [6.45, 7) is 1.62. The van der Waals surface area contributed by atoms with Gasteiger partial charge in [-0.05, 0) is 5.56 Å². The van der Waals surface area contributed by atoms with Crippen molar-refractivity contribution < 1.29 is 14.7 Å². The number of alkyl halides is 1. The Morgan fingerprint density at radius 1 is 1.38 bits per heavy atom. The van der Waals surface area contributed by atoms with Crippen LogP contribution in [0.1, 0.15) is 12.5 Å². The fraction of sp³-hybridized carbons (Fsp3) is 0.273. The van der Waals surface area contributed by atoms with Crippen molar-refractivity contribution >= 4 is 27.8 Å². The summed E-state index contributed by atoms with van der Waals surface area (Å²) >= 11 is 2.97. The number of benzene rings is 1. The molecule has 0 aliphatic heterocycles. The molecule has 1 N–H and O–H groups in total. The maximum atomic E-state index is 11.3. The highest BCUT2D eigenvalue weighted by atomic mass is 79.9. The number of hydrogen-bond donors (Lipinski definition) is 1. The number of carbonyl (C=O) groups excluding carboxylic acids is 1. The van der Waals surface area contributed by atoms with E-state index in [0.29, 0.717) is 0 Å². The molecule has 0 heterocycles. The van der Waals surface area contributed by atoms with Gasteiger partial charge in [-0.3, -0.25) is 4.79 Å². The van der Waals surface area contributed by atoms with Crippen LogP contribution in [0.4, 0.5) is 0 Å². The molecule has 16 heavy (non-hydrogen) atoms. The van der Waals surface area contributed by atoms with E-state index < -0.39 is 10.9 Å². The Morgan fingerprint density at radius 2 is 1.94 bits per heavy atom. The summed E-state index contributed by atoms with van der Waals surface area (Å²) in [7, 11) is 0. The second-order valence-electron chi connectivity index (χ2n) is 3.31. The second kappa shape index (κ2) is 5.65. The number of amides is 1. The number of nitrogens with zero attached hydrogens (tertiary/aromatic N) is 1. The van der Waals surface area contributed by atoms with Gasteiger partial charge in [0.25, 0.3) is 0 Å². The molecule has 0 saturated carbocycles. The molecule has 0 aromatic heterocycles. The largest absolute Gasteiger partial charge is 0.479 e. The first kappa shape index (κ1) is 12.7. The molecule has 86 valence electrons. The Morgan fingerprint density at radius 3 is 2.38 bits per heavy atom. The lowest BCUT2D eigenvalue weighted by Crippen LogP contribution is -2.39. The van der Waals surface area contributed by atoms with Crippen LogP contribution in [0.25, 0.3) is 0 Å². The fourth-order valence-corrected chi connectivity index (χ4v) is 1.70. The van der Waals surface area contributed by atoms with E-state index in [1.54, 1.807) is 0 Å². The first-order chi connectivity index (χ1) is 7.52. The topological polar surface area (TPSA) is 57.6 Å². The van der Waals surface area contributed by atoms with Gasteiger partial charge in [0.1, 0.15) is 0 Å². The number of carbonyl (C=O) groups is 2. The van der Waals surface area contributed by atoms with Crippen molar-refractivity contribution in [2.75, 3.05) is 0 Å². The van der Waals surface area contributed by atoms with Gasteiger partial charge in [-0.25, -0.2) is 4.79 Å². The lowest BCUT2D eigenvalue weighted by molar-refractivity contribution is -0.145. The van der Waals surface area contributed by atoms with E-state index in [2.05, 4.69) is 15.9 Å². The Bertz CT molecular complexity index is 380. The molecule has 0 bridgehead atoms. The van der Waals surface area contributed by atoms with E-state index in [1.165, 1.54) is 11.8 Å². The minimum atomic E-state index is -1.08. The van der Waals surface area contributed by atoms with Gasteiger partial charge >= 0.3 is 5.97 Å². The molecule has 5 heteroatoms. The van der Waals surface area contributed by atoms with E-state index in [9.17, 15) is 9.59 Å². The number of rotatable bonds is 4. The average molecular weight is 286 g/mol. The third-order valence-electron chi connectivity index (χ3n) is 2.08. The van der Waals surface area contributed by atoms with E-state index in [-0.39, 0.29) is 12.5 Å². The van der Waals surface area contributed by atoms with Crippen LogP contribution < -0.4 is 0 Å². The maximum Gasteiger partial charge on any atom is 0.337 e. The summed E-state index contributed by atoms with van der Waals surface area (Å²) in [6, 6.07) is 9.24. The predicted molar refractivity (Wildman–Crippen MR) is 63.0 cm³/mol. The van der Waals surface area contributed by atoms with Gasteiger partial charge < -0.3 is 10.0 Å². The minimum absolute atomic E-state index is 0.276. The normalized spacial score (nSPS) is 11.9. The molecule has 1 rings (SSSR count). The van der Waals surface area contributed by atoms with Gasteiger partial charge in [-0.15, -0.1) is 0 Å². The Hall–Kier alpha value is -1.36. The Labute approximate surface area is 102 Å². The second-order valence-corrected chi connectivity index (χ2v) is 4.17. The van der Waals surface area contributed by atoms with Crippen LogP contribution in [0, 0.1) is 0 Å². The van der Waals surface area contributed by atoms with Crippen LogP contribution in [0.3, 0.4) is 0 Å². The number of hydrogen-bond acceptors (Lipinski definition) is 2. The van der Waals surface area contributed by atoms with Crippen molar-refractivity contribution in [1.29, 1.82) is 0 Å². The van der Waals surface area contributed by atoms with Gasteiger partial charge in [0.15, 0.2) is 4.95 Å². The summed E-state index contributed by atoms with van der Waals surface area (Å²) in [4.78, 5) is 22.4. The highest BCUT2D eigenvalue weighted by Gasteiger charge is 2.24. The quantitative estimate of drug-likeness (QED) is 0.678. The first-order valence-corrected chi connectivity index (χ1v) is 5.62. The molecular weight excluding hydrogens is 274 g/mol. The van der Waals surface area contributed by atoms with Crippen LogP contribution in [0.2, 0.25) is 0 Å². The fourth-order valence-electron chi connectivity index (χ4n) is 1.26. The summed E-state index contributed by atoms with van der Waals surface area (Å²) in [5.74, 6) is -1.36. The van der Waals surface area contributed by atoms with Crippen molar-refractivity contribution in [3.8, 4) is 0 Å². The highest BCUT2D eigenvalue weighted by Crippen LogP contribution is 2.13. The van der Waals surface area contributed by atoms with Crippen LogP contribution in [-0.2, 0) is 16.1 Å². The molecule has 0 radical (unpaired) electrons. The number of halogens is 1. The molecule has 1 atom stereocenters. The average Bonchev–Trinajstić information content (AvgIpc) is 2.26. The van der Waals surface area contributed by atoms with Crippen LogP contribution >= 0.6 is 15.9 Å². The Kier molecular flexibility index (Phi) is 4.49. The lowest BCUT2D eigenvalue weighted by Gasteiger charge is -2.23. The van der Waals surface area contributed by atoms with Crippen molar-refractivity contribution in [2.24, 2.45) is 0 Å². The molecule has 1 aromatic rings. The van der Waals surface area contributed by atoms with Crippen molar-refractivity contribution in [3.05, 3.63) is 35.9 Å².